The highest BCUT2D eigenvalue weighted by molar-refractivity contribution is 5.22. The van der Waals surface area contributed by atoms with Crippen molar-refractivity contribution in [2.24, 2.45) is 0 Å². The number of hydrogen-bond acceptors (Lipinski definition) is 1. The number of aliphatic hydroxyl groups is 1. The van der Waals surface area contributed by atoms with Crippen LogP contribution >= 0.6 is 0 Å². The molecule has 1 nitrogen and oxygen atoms in total. The summed E-state index contributed by atoms with van der Waals surface area (Å²) in [6, 6.07) is 0. The van der Waals surface area contributed by atoms with Gasteiger partial charge < -0.3 is 5.11 Å². The van der Waals surface area contributed by atoms with E-state index in [2.05, 4.69) is 13.2 Å². The Morgan fingerprint density at radius 3 is 2.33 bits per heavy atom. The summed E-state index contributed by atoms with van der Waals surface area (Å²) in [5.41, 5.74) is 1.67. The molecule has 0 aromatic heterocycles. The minimum absolute atomic E-state index is 0.0176. The van der Waals surface area contributed by atoms with Gasteiger partial charge in [-0.1, -0.05) is 30.9 Å². The first-order chi connectivity index (χ1) is 4.16. The lowest BCUT2D eigenvalue weighted by molar-refractivity contribution is 0.335. The average molecular weight is 124 g/mol. The molecule has 0 radical (unpaired) electrons. The van der Waals surface area contributed by atoms with E-state index < -0.39 is 0 Å². The molecular weight excluding hydrogens is 112 g/mol. The summed E-state index contributed by atoms with van der Waals surface area (Å²) in [6.45, 7) is 9.13. The third-order valence-corrected chi connectivity index (χ3v) is 0.807. The maximum Gasteiger partial charge on any atom is 0.0676 e. The molecule has 0 saturated heterocycles. The molecule has 0 atom stereocenters. The van der Waals surface area contributed by atoms with Gasteiger partial charge in [-0.2, -0.15) is 0 Å². The van der Waals surface area contributed by atoms with Crippen molar-refractivity contribution in [1.29, 1.82) is 0 Å². The molecule has 0 amide bonds. The van der Waals surface area contributed by atoms with E-state index >= 15 is 0 Å². The quantitative estimate of drug-likeness (QED) is 0.567. The second-order valence-electron chi connectivity index (χ2n) is 2.00. The minimum Gasteiger partial charge on any atom is -0.392 e. The van der Waals surface area contributed by atoms with Crippen molar-refractivity contribution in [1.82, 2.24) is 0 Å². The molecule has 0 rings (SSSR count). The summed E-state index contributed by atoms with van der Waals surface area (Å²) in [4.78, 5) is 0. The van der Waals surface area contributed by atoms with Crippen LogP contribution in [0.15, 0.2) is 36.5 Å². The minimum atomic E-state index is 0.0176. The van der Waals surface area contributed by atoms with Gasteiger partial charge in [0.2, 0.25) is 0 Å². The molecule has 0 aliphatic rings. The average Bonchev–Trinajstić information content (AvgIpc) is 1.83. The fraction of sp³-hybridized carbons (Fsp3) is 0.250. The van der Waals surface area contributed by atoms with E-state index in [0.717, 1.165) is 5.57 Å². The molecule has 0 aromatic carbocycles. The molecule has 0 heterocycles. The summed E-state index contributed by atoms with van der Waals surface area (Å²) >= 11 is 0. The summed E-state index contributed by atoms with van der Waals surface area (Å²) in [5.74, 6) is 0. The van der Waals surface area contributed by atoms with Crippen molar-refractivity contribution < 1.29 is 5.11 Å². The van der Waals surface area contributed by atoms with Crippen LogP contribution in [0.25, 0.3) is 0 Å². The van der Waals surface area contributed by atoms with E-state index in [1.165, 1.54) is 0 Å². The topological polar surface area (TPSA) is 20.2 Å². The fourth-order valence-corrected chi connectivity index (χ4v) is 0.313. The Balaban J connectivity index is 3.71. The van der Waals surface area contributed by atoms with Crippen molar-refractivity contribution in [3.05, 3.63) is 36.5 Å². The lowest BCUT2D eigenvalue weighted by Crippen LogP contribution is -1.81. The smallest absolute Gasteiger partial charge is 0.0676 e. The molecule has 0 aliphatic heterocycles. The van der Waals surface area contributed by atoms with Gasteiger partial charge in [0.25, 0.3) is 0 Å². The van der Waals surface area contributed by atoms with Crippen molar-refractivity contribution in [2.45, 2.75) is 6.92 Å². The van der Waals surface area contributed by atoms with Crippen LogP contribution in [0, 0.1) is 0 Å². The van der Waals surface area contributed by atoms with Crippen molar-refractivity contribution in [3.8, 4) is 0 Å². The van der Waals surface area contributed by atoms with Gasteiger partial charge in [0.15, 0.2) is 0 Å². The molecule has 0 bridgehead atoms. The highest BCUT2D eigenvalue weighted by Crippen LogP contribution is 1.94. The molecule has 1 heteroatoms. The normalized spacial score (nSPS) is 10.0. The Morgan fingerprint density at radius 2 is 2.00 bits per heavy atom. The van der Waals surface area contributed by atoms with E-state index in [1.54, 1.807) is 6.08 Å². The van der Waals surface area contributed by atoms with Crippen LogP contribution in [0.5, 0.6) is 0 Å². The van der Waals surface area contributed by atoms with Crippen molar-refractivity contribution >= 4 is 0 Å². The van der Waals surface area contributed by atoms with Gasteiger partial charge in [-0.05, 0) is 12.5 Å². The number of hydrogen-bond donors (Lipinski definition) is 1. The number of allylic oxidation sites excluding steroid dienone is 2. The first kappa shape index (κ1) is 8.18. The zero-order valence-electron chi connectivity index (χ0n) is 5.72. The Kier molecular flexibility index (Phi) is 3.72. The predicted octanol–water partition coefficient (Wildman–Crippen LogP) is 1.67. The van der Waals surface area contributed by atoms with Crippen LogP contribution in [-0.2, 0) is 0 Å². The lowest BCUT2D eigenvalue weighted by Gasteiger charge is -1.89. The third-order valence-electron chi connectivity index (χ3n) is 0.807. The van der Waals surface area contributed by atoms with Gasteiger partial charge in [-0.15, -0.1) is 0 Å². The Labute approximate surface area is 56.0 Å². The van der Waals surface area contributed by atoms with Crippen LogP contribution < -0.4 is 0 Å². The zero-order valence-corrected chi connectivity index (χ0v) is 5.72. The Morgan fingerprint density at radius 1 is 1.44 bits per heavy atom. The molecule has 0 fully saturated rings. The fourth-order valence-electron chi connectivity index (χ4n) is 0.313. The van der Waals surface area contributed by atoms with Gasteiger partial charge in [0.1, 0.15) is 0 Å². The molecule has 0 unspecified atom stereocenters. The molecule has 0 aromatic rings. The second-order valence-corrected chi connectivity index (χ2v) is 2.00. The maximum absolute atomic E-state index is 8.47. The van der Waals surface area contributed by atoms with Gasteiger partial charge in [0, 0.05) is 0 Å². The molecular formula is C8H12O. The van der Waals surface area contributed by atoms with E-state index in [9.17, 15) is 0 Å². The zero-order chi connectivity index (χ0) is 7.28. The molecule has 50 valence electrons. The number of aliphatic hydroxyl groups excluding tert-OH is 1. The Hall–Kier alpha value is -0.820. The summed E-state index contributed by atoms with van der Waals surface area (Å²) < 4.78 is 0. The molecule has 9 heavy (non-hydrogen) atoms. The summed E-state index contributed by atoms with van der Waals surface area (Å²) in [7, 11) is 0. The van der Waals surface area contributed by atoms with Crippen LogP contribution in [0.4, 0.5) is 0 Å². The van der Waals surface area contributed by atoms with Gasteiger partial charge >= 0.3 is 0 Å². The lowest BCUT2D eigenvalue weighted by atomic mass is 10.2. The third kappa shape index (κ3) is 5.04. The standard InChI is InChI=1S/C8H12O/c1-7(2)4-5-8(3)6-9/h4-5,9H,1,3,6H2,2H3/b5-4-. The molecule has 1 N–H and O–H groups in total. The van der Waals surface area contributed by atoms with E-state index in [4.69, 9.17) is 5.11 Å². The van der Waals surface area contributed by atoms with Gasteiger partial charge in [0.05, 0.1) is 6.61 Å². The summed E-state index contributed by atoms with van der Waals surface area (Å²) in [5, 5.41) is 8.47. The van der Waals surface area contributed by atoms with Crippen LogP contribution in [0.3, 0.4) is 0 Å². The van der Waals surface area contributed by atoms with Crippen LogP contribution in [0.2, 0.25) is 0 Å². The molecule has 0 spiro atoms. The van der Waals surface area contributed by atoms with Gasteiger partial charge in [-0.25, -0.2) is 0 Å². The van der Waals surface area contributed by atoms with E-state index in [0.29, 0.717) is 5.57 Å². The van der Waals surface area contributed by atoms with Crippen LogP contribution in [-0.4, -0.2) is 11.7 Å². The van der Waals surface area contributed by atoms with Gasteiger partial charge in [-0.3, -0.25) is 0 Å². The second kappa shape index (κ2) is 4.10. The molecule has 0 saturated carbocycles. The Bertz CT molecular complexity index is 143. The first-order valence-electron chi connectivity index (χ1n) is 2.79. The van der Waals surface area contributed by atoms with Crippen molar-refractivity contribution in [2.75, 3.05) is 6.61 Å². The molecule has 0 aliphatic carbocycles. The predicted molar refractivity (Wildman–Crippen MR) is 40.2 cm³/mol. The highest BCUT2D eigenvalue weighted by atomic mass is 16.3. The monoisotopic (exact) mass is 124 g/mol. The maximum atomic E-state index is 8.47. The van der Waals surface area contributed by atoms with Crippen molar-refractivity contribution in [3.63, 3.8) is 0 Å². The van der Waals surface area contributed by atoms with E-state index in [-0.39, 0.29) is 6.61 Å². The SMILES string of the molecule is C=C(C)/C=C\C(=C)CO. The van der Waals surface area contributed by atoms with Crippen LogP contribution in [0.1, 0.15) is 6.92 Å². The number of rotatable bonds is 3. The highest BCUT2D eigenvalue weighted by Gasteiger charge is 1.80. The summed E-state index contributed by atoms with van der Waals surface area (Å²) in [6.07, 6.45) is 3.57. The van der Waals surface area contributed by atoms with E-state index in [1.807, 2.05) is 13.0 Å². The first-order valence-corrected chi connectivity index (χ1v) is 2.79. The largest absolute Gasteiger partial charge is 0.392 e.